The van der Waals surface area contributed by atoms with E-state index in [0.29, 0.717) is 18.5 Å². The molecule has 0 aliphatic carbocycles. The second-order valence-electron chi connectivity index (χ2n) is 6.54. The van der Waals surface area contributed by atoms with E-state index >= 15 is 0 Å². The average molecular weight is 319 g/mol. The number of nitrogens with zero attached hydrogens (tertiary/aromatic N) is 5. The van der Waals surface area contributed by atoms with E-state index in [4.69, 9.17) is 5.26 Å². The van der Waals surface area contributed by atoms with Crippen molar-refractivity contribution < 1.29 is 4.79 Å². The van der Waals surface area contributed by atoms with E-state index in [9.17, 15) is 4.79 Å². The van der Waals surface area contributed by atoms with Gasteiger partial charge >= 0.3 is 0 Å². The number of anilines is 2. The molecule has 1 amide bonds. The van der Waals surface area contributed by atoms with Crippen molar-refractivity contribution in [2.75, 3.05) is 29.4 Å². The van der Waals surface area contributed by atoms with Gasteiger partial charge in [-0.15, -0.1) is 0 Å². The molecule has 2 aliphatic heterocycles. The van der Waals surface area contributed by atoms with Crippen LogP contribution in [0.4, 0.5) is 11.6 Å². The summed E-state index contributed by atoms with van der Waals surface area (Å²) in [6.07, 6.45) is 4.97. The van der Waals surface area contributed by atoms with Crippen LogP contribution in [0.25, 0.3) is 0 Å². The van der Waals surface area contributed by atoms with Gasteiger partial charge in [0.25, 0.3) is 0 Å². The van der Waals surface area contributed by atoms with E-state index in [2.05, 4.69) is 20.9 Å². The standard InChI is InChI=1S/C18H17N5O/c19-11-14-3-1-4-15(9-14)23-13-18(10-16(23)24)5-8-22(12-18)17-20-6-2-7-21-17/h1-4,6-7,9H,5,8,10,12-13H2. The van der Waals surface area contributed by atoms with Crippen LogP contribution in [-0.2, 0) is 4.79 Å². The van der Waals surface area contributed by atoms with Crippen molar-refractivity contribution >= 4 is 17.5 Å². The van der Waals surface area contributed by atoms with E-state index in [1.54, 1.807) is 30.6 Å². The van der Waals surface area contributed by atoms with Crippen molar-refractivity contribution in [3.8, 4) is 6.07 Å². The molecule has 6 heteroatoms. The van der Waals surface area contributed by atoms with E-state index in [0.717, 1.165) is 31.1 Å². The topological polar surface area (TPSA) is 73.1 Å². The number of benzene rings is 1. The molecule has 1 atom stereocenters. The molecule has 1 aromatic heterocycles. The normalized spacial score (nSPS) is 23.0. The Kier molecular flexibility index (Phi) is 3.42. The lowest BCUT2D eigenvalue weighted by Gasteiger charge is -2.24. The largest absolute Gasteiger partial charge is 0.340 e. The van der Waals surface area contributed by atoms with Gasteiger partial charge in [-0.1, -0.05) is 6.07 Å². The molecule has 4 rings (SSSR count). The van der Waals surface area contributed by atoms with Crippen molar-refractivity contribution in [2.45, 2.75) is 12.8 Å². The van der Waals surface area contributed by atoms with Gasteiger partial charge < -0.3 is 9.80 Å². The summed E-state index contributed by atoms with van der Waals surface area (Å²) < 4.78 is 0. The molecule has 1 aromatic carbocycles. The van der Waals surface area contributed by atoms with Gasteiger partial charge in [0.1, 0.15) is 0 Å². The SMILES string of the molecule is N#Cc1cccc(N2CC3(CCN(c4ncccn4)C3)CC2=O)c1. The second kappa shape index (κ2) is 5.60. The predicted molar refractivity (Wildman–Crippen MR) is 89.4 cm³/mol. The van der Waals surface area contributed by atoms with Crippen molar-refractivity contribution in [3.05, 3.63) is 48.3 Å². The number of carbonyl (C=O) groups is 1. The van der Waals surface area contributed by atoms with Crippen LogP contribution < -0.4 is 9.80 Å². The highest BCUT2D eigenvalue weighted by molar-refractivity contribution is 5.96. The van der Waals surface area contributed by atoms with Crippen LogP contribution >= 0.6 is 0 Å². The summed E-state index contributed by atoms with van der Waals surface area (Å²) in [6.45, 7) is 2.34. The van der Waals surface area contributed by atoms with Crippen LogP contribution in [0.5, 0.6) is 0 Å². The molecule has 6 nitrogen and oxygen atoms in total. The molecule has 1 spiro atoms. The van der Waals surface area contributed by atoms with E-state index in [1.807, 2.05) is 17.0 Å². The summed E-state index contributed by atoms with van der Waals surface area (Å²) in [5, 5.41) is 9.06. The Balaban J connectivity index is 1.55. The Hall–Kier alpha value is -2.94. The zero-order valence-corrected chi connectivity index (χ0v) is 13.2. The summed E-state index contributed by atoms with van der Waals surface area (Å²) in [5.74, 6) is 0.854. The maximum atomic E-state index is 12.6. The minimum atomic E-state index is -0.0566. The minimum absolute atomic E-state index is 0.0566. The fourth-order valence-corrected chi connectivity index (χ4v) is 3.71. The third kappa shape index (κ3) is 2.48. The minimum Gasteiger partial charge on any atom is -0.340 e. The van der Waals surface area contributed by atoms with Gasteiger partial charge in [-0.05, 0) is 30.7 Å². The van der Waals surface area contributed by atoms with Crippen LogP contribution in [0.3, 0.4) is 0 Å². The van der Waals surface area contributed by atoms with Gasteiger partial charge in [0.2, 0.25) is 11.9 Å². The molecule has 24 heavy (non-hydrogen) atoms. The Labute approximate surface area is 140 Å². The third-order valence-electron chi connectivity index (χ3n) is 4.88. The molecule has 0 N–H and O–H groups in total. The lowest BCUT2D eigenvalue weighted by Crippen LogP contribution is -2.31. The first-order valence-corrected chi connectivity index (χ1v) is 8.02. The fraction of sp³-hybridized carbons (Fsp3) is 0.333. The molecular formula is C18H17N5O. The number of amides is 1. The van der Waals surface area contributed by atoms with Crippen LogP contribution in [0.1, 0.15) is 18.4 Å². The summed E-state index contributed by atoms with van der Waals surface area (Å²) in [7, 11) is 0. The van der Waals surface area contributed by atoms with E-state index in [-0.39, 0.29) is 11.3 Å². The summed E-state index contributed by atoms with van der Waals surface area (Å²) in [4.78, 5) is 25.2. The van der Waals surface area contributed by atoms with Crippen molar-refractivity contribution in [2.24, 2.45) is 5.41 Å². The first-order chi connectivity index (χ1) is 11.7. The van der Waals surface area contributed by atoms with Gasteiger partial charge in [-0.2, -0.15) is 5.26 Å². The molecule has 3 heterocycles. The molecule has 1 unspecified atom stereocenters. The van der Waals surface area contributed by atoms with Crippen LogP contribution in [-0.4, -0.2) is 35.5 Å². The summed E-state index contributed by atoms with van der Waals surface area (Å²) >= 11 is 0. The number of hydrogen-bond donors (Lipinski definition) is 0. The maximum absolute atomic E-state index is 12.6. The highest BCUT2D eigenvalue weighted by Crippen LogP contribution is 2.42. The zero-order valence-electron chi connectivity index (χ0n) is 13.2. The molecule has 2 aromatic rings. The summed E-state index contributed by atoms with van der Waals surface area (Å²) in [5.41, 5.74) is 1.33. The smallest absolute Gasteiger partial charge is 0.227 e. The van der Waals surface area contributed by atoms with E-state index < -0.39 is 0 Å². The first-order valence-electron chi connectivity index (χ1n) is 8.02. The van der Waals surface area contributed by atoms with Crippen molar-refractivity contribution in [1.29, 1.82) is 5.26 Å². The summed E-state index contributed by atoms with van der Waals surface area (Å²) in [6, 6.07) is 11.2. The molecule has 2 saturated heterocycles. The quantitative estimate of drug-likeness (QED) is 0.846. The average Bonchev–Trinajstić information content (AvgIpc) is 3.19. The van der Waals surface area contributed by atoms with Crippen LogP contribution in [0.2, 0.25) is 0 Å². The number of carbonyl (C=O) groups excluding carboxylic acids is 1. The Morgan fingerprint density at radius 3 is 2.79 bits per heavy atom. The third-order valence-corrected chi connectivity index (χ3v) is 4.88. The number of aromatic nitrogens is 2. The fourth-order valence-electron chi connectivity index (χ4n) is 3.71. The predicted octanol–water partition coefficient (Wildman–Crippen LogP) is 1.98. The zero-order chi connectivity index (χ0) is 16.6. The highest BCUT2D eigenvalue weighted by atomic mass is 16.2. The van der Waals surface area contributed by atoms with Crippen molar-refractivity contribution in [1.82, 2.24) is 9.97 Å². The van der Waals surface area contributed by atoms with Gasteiger partial charge in [-0.3, -0.25) is 4.79 Å². The van der Waals surface area contributed by atoms with Crippen LogP contribution in [0, 0.1) is 16.7 Å². The van der Waals surface area contributed by atoms with Crippen molar-refractivity contribution in [3.63, 3.8) is 0 Å². The maximum Gasteiger partial charge on any atom is 0.227 e. The molecule has 2 fully saturated rings. The molecule has 0 saturated carbocycles. The van der Waals surface area contributed by atoms with Gasteiger partial charge in [0.05, 0.1) is 11.6 Å². The second-order valence-corrected chi connectivity index (χ2v) is 6.54. The van der Waals surface area contributed by atoms with Gasteiger partial charge in [0.15, 0.2) is 0 Å². The van der Waals surface area contributed by atoms with Gasteiger partial charge in [-0.25, -0.2) is 9.97 Å². The monoisotopic (exact) mass is 319 g/mol. The van der Waals surface area contributed by atoms with Gasteiger partial charge in [0, 0.05) is 49.6 Å². The molecule has 120 valence electrons. The Morgan fingerprint density at radius 2 is 2.00 bits per heavy atom. The number of rotatable bonds is 2. The first kappa shape index (κ1) is 14.6. The highest BCUT2D eigenvalue weighted by Gasteiger charge is 2.48. The van der Waals surface area contributed by atoms with Crippen LogP contribution in [0.15, 0.2) is 42.7 Å². The lowest BCUT2D eigenvalue weighted by molar-refractivity contribution is -0.117. The number of nitriles is 1. The number of hydrogen-bond acceptors (Lipinski definition) is 5. The molecule has 0 bridgehead atoms. The van der Waals surface area contributed by atoms with E-state index in [1.165, 1.54) is 0 Å². The Bertz CT molecular complexity index is 816. The molecular weight excluding hydrogens is 302 g/mol. The molecule has 2 aliphatic rings. The molecule has 0 radical (unpaired) electrons. The Morgan fingerprint density at radius 1 is 1.17 bits per heavy atom. The lowest BCUT2D eigenvalue weighted by atomic mass is 9.86.